The molecule has 1 rings (SSSR count). The largest absolute Gasteiger partial charge is 0.491 e. The molecule has 3 nitrogen and oxygen atoms in total. The van der Waals surface area contributed by atoms with E-state index in [1.807, 2.05) is 6.07 Å². The average molecular weight is 349 g/mol. The molecular formula is C13H19BBrClO3. The van der Waals surface area contributed by atoms with Crippen molar-refractivity contribution in [2.45, 2.75) is 44.2 Å². The van der Waals surface area contributed by atoms with Crippen LogP contribution in [0.1, 0.15) is 33.3 Å². The van der Waals surface area contributed by atoms with Gasteiger partial charge in [-0.1, -0.05) is 39.7 Å². The summed E-state index contributed by atoms with van der Waals surface area (Å²) in [5.41, 5.74) is -0.466. The highest BCUT2D eigenvalue weighted by molar-refractivity contribution is 9.08. The summed E-state index contributed by atoms with van der Waals surface area (Å²) in [7, 11) is -1.14. The van der Waals surface area contributed by atoms with Crippen molar-refractivity contribution in [1.29, 1.82) is 0 Å². The van der Waals surface area contributed by atoms with Crippen LogP contribution in [0.15, 0.2) is 18.2 Å². The van der Waals surface area contributed by atoms with Gasteiger partial charge in [0, 0.05) is 10.4 Å². The maximum absolute atomic E-state index is 10.1. The van der Waals surface area contributed by atoms with Crippen LogP contribution in [0.4, 0.5) is 0 Å². The lowest BCUT2D eigenvalue weighted by atomic mass is 9.76. The van der Waals surface area contributed by atoms with Crippen molar-refractivity contribution in [1.82, 2.24) is 0 Å². The molecule has 0 saturated heterocycles. The number of hydrogen-bond donors (Lipinski definition) is 2. The molecule has 0 bridgehead atoms. The van der Waals surface area contributed by atoms with Gasteiger partial charge in [-0.25, -0.2) is 0 Å². The van der Waals surface area contributed by atoms with Crippen LogP contribution in [0.3, 0.4) is 0 Å². The van der Waals surface area contributed by atoms with Gasteiger partial charge in [0.15, 0.2) is 0 Å². The lowest BCUT2D eigenvalue weighted by Gasteiger charge is -2.38. The Balaban J connectivity index is 2.90. The average Bonchev–Trinajstić information content (AvgIpc) is 2.26. The molecule has 0 radical (unpaired) electrons. The molecule has 0 aliphatic rings. The molecule has 0 atom stereocenters. The van der Waals surface area contributed by atoms with Crippen molar-refractivity contribution in [2.24, 2.45) is 0 Å². The molecule has 1 aromatic rings. The molecule has 106 valence electrons. The minimum absolute atomic E-state index is 0.562. The van der Waals surface area contributed by atoms with E-state index in [4.69, 9.17) is 16.3 Å². The highest BCUT2D eigenvalue weighted by Crippen LogP contribution is 2.25. The zero-order valence-electron chi connectivity index (χ0n) is 11.6. The molecule has 0 fully saturated rings. The van der Waals surface area contributed by atoms with Gasteiger partial charge in [0.1, 0.15) is 0 Å². The summed E-state index contributed by atoms with van der Waals surface area (Å²) in [6.07, 6.45) is 0. The van der Waals surface area contributed by atoms with Crippen LogP contribution in [-0.4, -0.2) is 28.5 Å². The first-order valence-corrected chi connectivity index (χ1v) is 7.51. The first-order chi connectivity index (χ1) is 8.58. The molecule has 0 aliphatic carbocycles. The number of benzene rings is 1. The second-order valence-electron chi connectivity index (χ2n) is 5.52. The fraction of sp³-hybridized carbons (Fsp3) is 0.538. The third-order valence-corrected chi connectivity index (χ3v) is 4.34. The van der Waals surface area contributed by atoms with E-state index in [1.165, 1.54) is 0 Å². The van der Waals surface area contributed by atoms with Gasteiger partial charge in [-0.15, -0.1) is 0 Å². The fourth-order valence-electron chi connectivity index (χ4n) is 1.32. The quantitative estimate of drug-likeness (QED) is 0.634. The molecule has 1 aromatic carbocycles. The predicted octanol–water partition coefficient (Wildman–Crippen LogP) is 2.49. The Kier molecular flexibility index (Phi) is 5.49. The van der Waals surface area contributed by atoms with Gasteiger partial charge < -0.3 is 14.8 Å². The zero-order valence-corrected chi connectivity index (χ0v) is 13.9. The molecule has 0 unspecified atom stereocenters. The number of halogens is 2. The van der Waals surface area contributed by atoms with Gasteiger partial charge in [0.25, 0.3) is 0 Å². The topological polar surface area (TPSA) is 49.7 Å². The van der Waals surface area contributed by atoms with E-state index < -0.39 is 18.3 Å². The van der Waals surface area contributed by atoms with E-state index in [2.05, 4.69) is 15.9 Å². The molecule has 0 spiro atoms. The van der Waals surface area contributed by atoms with Crippen LogP contribution in [0.5, 0.6) is 0 Å². The number of hydrogen-bond acceptors (Lipinski definition) is 3. The van der Waals surface area contributed by atoms with Crippen LogP contribution in [0, 0.1) is 0 Å². The maximum atomic E-state index is 10.1. The Morgan fingerprint density at radius 2 is 1.89 bits per heavy atom. The lowest BCUT2D eigenvalue weighted by molar-refractivity contribution is -0.0982. The summed E-state index contributed by atoms with van der Waals surface area (Å²) in [6, 6.07) is 5.26. The van der Waals surface area contributed by atoms with Crippen LogP contribution in [0.25, 0.3) is 0 Å². The molecule has 6 heteroatoms. The number of alkyl halides is 1. The minimum Gasteiger partial charge on any atom is -0.423 e. The van der Waals surface area contributed by atoms with E-state index in [0.717, 1.165) is 5.56 Å². The molecule has 0 saturated carbocycles. The molecule has 0 heterocycles. The van der Waals surface area contributed by atoms with E-state index in [9.17, 15) is 10.1 Å². The van der Waals surface area contributed by atoms with Gasteiger partial charge >= 0.3 is 7.12 Å². The van der Waals surface area contributed by atoms with E-state index in [1.54, 1.807) is 39.8 Å². The fourth-order valence-corrected chi connectivity index (χ4v) is 2.22. The highest BCUT2D eigenvalue weighted by Gasteiger charge is 2.39. The predicted molar refractivity (Wildman–Crippen MR) is 83.2 cm³/mol. The number of rotatable bonds is 5. The smallest absolute Gasteiger partial charge is 0.423 e. The maximum Gasteiger partial charge on any atom is 0.491 e. The summed E-state index contributed by atoms with van der Waals surface area (Å²) in [5.74, 6) is 0. The summed E-state index contributed by atoms with van der Waals surface area (Å²) in [6.45, 7) is 6.73. The van der Waals surface area contributed by atoms with Gasteiger partial charge in [-0.3, -0.25) is 0 Å². The van der Waals surface area contributed by atoms with E-state index in [-0.39, 0.29) is 0 Å². The first-order valence-electron chi connectivity index (χ1n) is 6.01. The summed E-state index contributed by atoms with van der Waals surface area (Å²) in [4.78, 5) is 0. The second-order valence-corrected chi connectivity index (χ2v) is 6.49. The SMILES string of the molecule is CC(C)(O)C(C)(C)OB(O)c1ccc(CBr)c(Cl)c1. The Hall–Kier alpha value is -0.0651. The lowest BCUT2D eigenvalue weighted by Crippen LogP contribution is -2.53. The molecule has 19 heavy (non-hydrogen) atoms. The monoisotopic (exact) mass is 348 g/mol. The van der Waals surface area contributed by atoms with Crippen molar-refractivity contribution >= 4 is 40.1 Å². The third kappa shape index (κ3) is 4.20. The standard InChI is InChI=1S/C13H19BBrClO3/c1-12(2,17)13(3,4)19-14(18)10-6-5-9(8-15)11(16)7-10/h5-7,17-18H,8H2,1-4H3. The Morgan fingerprint density at radius 3 is 2.32 bits per heavy atom. The van der Waals surface area contributed by atoms with Crippen molar-refractivity contribution < 1.29 is 14.8 Å². The summed E-state index contributed by atoms with van der Waals surface area (Å²) >= 11 is 9.42. The third-order valence-electron chi connectivity index (χ3n) is 3.39. The van der Waals surface area contributed by atoms with Crippen molar-refractivity contribution in [3.05, 3.63) is 28.8 Å². The van der Waals surface area contributed by atoms with E-state index >= 15 is 0 Å². The van der Waals surface area contributed by atoms with Gasteiger partial charge in [-0.05, 0) is 44.8 Å². The molecule has 0 aliphatic heterocycles. The van der Waals surface area contributed by atoms with Crippen molar-refractivity contribution in [3.63, 3.8) is 0 Å². The van der Waals surface area contributed by atoms with E-state index in [0.29, 0.717) is 15.8 Å². The number of aliphatic hydroxyl groups is 1. The summed E-state index contributed by atoms with van der Waals surface area (Å²) < 4.78 is 5.55. The Morgan fingerprint density at radius 1 is 1.32 bits per heavy atom. The second kappa shape index (κ2) is 6.14. The van der Waals surface area contributed by atoms with Crippen molar-refractivity contribution in [3.8, 4) is 0 Å². The van der Waals surface area contributed by atoms with Crippen LogP contribution >= 0.6 is 27.5 Å². The normalized spacial score (nSPS) is 12.6. The van der Waals surface area contributed by atoms with Crippen LogP contribution in [0.2, 0.25) is 5.02 Å². The summed E-state index contributed by atoms with van der Waals surface area (Å²) in [5, 5.41) is 21.3. The minimum atomic E-state index is -1.14. The highest BCUT2D eigenvalue weighted by atomic mass is 79.9. The Bertz CT molecular complexity index is 446. The van der Waals surface area contributed by atoms with Crippen molar-refractivity contribution in [2.75, 3.05) is 0 Å². The molecule has 2 N–H and O–H groups in total. The Labute approximate surface area is 128 Å². The van der Waals surface area contributed by atoms with Crippen LogP contribution in [-0.2, 0) is 9.98 Å². The van der Waals surface area contributed by atoms with Gasteiger partial charge in [-0.2, -0.15) is 0 Å². The van der Waals surface area contributed by atoms with Gasteiger partial charge in [0.05, 0.1) is 11.2 Å². The zero-order chi connectivity index (χ0) is 14.8. The first kappa shape index (κ1) is 17.0. The molecule has 0 amide bonds. The van der Waals surface area contributed by atoms with Crippen LogP contribution < -0.4 is 5.46 Å². The van der Waals surface area contributed by atoms with Gasteiger partial charge in [0.2, 0.25) is 0 Å². The molecule has 0 aromatic heterocycles. The molecular weight excluding hydrogens is 330 g/mol.